The van der Waals surface area contributed by atoms with Gasteiger partial charge in [-0.3, -0.25) is 4.90 Å². The molecule has 0 aliphatic carbocycles. The lowest BCUT2D eigenvalue weighted by atomic mass is 9.92. The van der Waals surface area contributed by atoms with Crippen molar-refractivity contribution in [1.82, 2.24) is 19.5 Å². The van der Waals surface area contributed by atoms with Crippen LogP contribution in [-0.4, -0.2) is 45.2 Å². The highest BCUT2D eigenvalue weighted by atomic mass is 32.1. The Bertz CT molecular complexity index is 929. The average Bonchev–Trinajstić information content (AvgIpc) is 3.33. The molecule has 2 atom stereocenters. The number of hydrogen-bond donors (Lipinski definition) is 0. The first-order chi connectivity index (χ1) is 12.7. The van der Waals surface area contributed by atoms with Crippen molar-refractivity contribution in [2.75, 3.05) is 24.5 Å². The fourth-order valence-corrected chi connectivity index (χ4v) is 5.58. The molecule has 136 valence electrons. The van der Waals surface area contributed by atoms with E-state index in [1.54, 1.807) is 0 Å². The van der Waals surface area contributed by atoms with Gasteiger partial charge < -0.3 is 4.90 Å². The Morgan fingerprint density at radius 1 is 1.15 bits per heavy atom. The standard InChI is InChI=1S/C20H25N5S/c1-14-11-20(25-19(22-14)5-8-21-25)24-10-7-16-6-9-23(13-18(16)24)12-17-4-3-15(2)26-17/h3-5,8,11,16,18H,6-7,9-10,12-13H2,1-2H3. The summed E-state index contributed by atoms with van der Waals surface area (Å²) in [6.45, 7) is 8.85. The summed E-state index contributed by atoms with van der Waals surface area (Å²) in [5.41, 5.74) is 2.02. The van der Waals surface area contributed by atoms with Gasteiger partial charge in [0.2, 0.25) is 0 Å². The summed E-state index contributed by atoms with van der Waals surface area (Å²) >= 11 is 1.93. The smallest absolute Gasteiger partial charge is 0.157 e. The van der Waals surface area contributed by atoms with Gasteiger partial charge in [-0.05, 0) is 51.3 Å². The van der Waals surface area contributed by atoms with Crippen molar-refractivity contribution in [3.05, 3.63) is 45.9 Å². The lowest BCUT2D eigenvalue weighted by molar-refractivity contribution is 0.168. The molecule has 5 nitrogen and oxygen atoms in total. The van der Waals surface area contributed by atoms with Crippen LogP contribution in [0.15, 0.2) is 30.5 Å². The number of thiophene rings is 1. The van der Waals surface area contributed by atoms with E-state index in [-0.39, 0.29) is 0 Å². The monoisotopic (exact) mass is 367 g/mol. The van der Waals surface area contributed by atoms with Gasteiger partial charge in [0.15, 0.2) is 5.65 Å². The quantitative estimate of drug-likeness (QED) is 0.710. The Kier molecular flexibility index (Phi) is 3.98. The van der Waals surface area contributed by atoms with Gasteiger partial charge in [0.05, 0.1) is 6.20 Å². The molecule has 5 heterocycles. The number of rotatable bonds is 3. The normalized spacial score (nSPS) is 23.7. The number of piperidine rings is 1. The molecule has 0 spiro atoms. The zero-order valence-corrected chi connectivity index (χ0v) is 16.2. The molecule has 2 aliphatic rings. The maximum absolute atomic E-state index is 4.61. The van der Waals surface area contributed by atoms with Crippen LogP contribution in [0.5, 0.6) is 0 Å². The van der Waals surface area contributed by atoms with Crippen molar-refractivity contribution >= 4 is 22.8 Å². The highest BCUT2D eigenvalue weighted by Crippen LogP contribution is 2.36. The van der Waals surface area contributed by atoms with E-state index in [0.29, 0.717) is 6.04 Å². The predicted octanol–water partition coefficient (Wildman–Crippen LogP) is 3.51. The highest BCUT2D eigenvalue weighted by Gasteiger charge is 2.39. The van der Waals surface area contributed by atoms with E-state index in [1.807, 2.05) is 28.1 Å². The van der Waals surface area contributed by atoms with Crippen LogP contribution in [0.3, 0.4) is 0 Å². The Morgan fingerprint density at radius 3 is 2.88 bits per heavy atom. The second-order valence-electron chi connectivity index (χ2n) is 7.70. The molecule has 0 amide bonds. The van der Waals surface area contributed by atoms with Crippen molar-refractivity contribution in [2.24, 2.45) is 5.92 Å². The molecule has 2 unspecified atom stereocenters. The summed E-state index contributed by atoms with van der Waals surface area (Å²) in [7, 11) is 0. The summed E-state index contributed by atoms with van der Waals surface area (Å²) < 4.78 is 2.01. The van der Waals surface area contributed by atoms with E-state index in [9.17, 15) is 0 Å². The molecule has 3 aromatic rings. The van der Waals surface area contributed by atoms with Crippen molar-refractivity contribution in [1.29, 1.82) is 0 Å². The van der Waals surface area contributed by atoms with E-state index < -0.39 is 0 Å². The second kappa shape index (κ2) is 6.35. The number of fused-ring (bicyclic) bond motifs is 2. The van der Waals surface area contributed by atoms with Crippen LogP contribution in [-0.2, 0) is 6.54 Å². The maximum atomic E-state index is 4.61. The Morgan fingerprint density at radius 2 is 2.04 bits per heavy atom. The Labute approximate surface area is 158 Å². The van der Waals surface area contributed by atoms with Crippen molar-refractivity contribution in [3.8, 4) is 0 Å². The highest BCUT2D eigenvalue weighted by molar-refractivity contribution is 7.11. The summed E-state index contributed by atoms with van der Waals surface area (Å²) in [5.74, 6) is 2.01. The molecular weight excluding hydrogens is 342 g/mol. The van der Waals surface area contributed by atoms with Gasteiger partial charge in [0.25, 0.3) is 0 Å². The molecule has 2 fully saturated rings. The van der Waals surface area contributed by atoms with Gasteiger partial charge >= 0.3 is 0 Å². The van der Waals surface area contributed by atoms with Crippen LogP contribution in [0.1, 0.15) is 28.3 Å². The van der Waals surface area contributed by atoms with Gasteiger partial charge in [0, 0.05) is 53.3 Å². The summed E-state index contributed by atoms with van der Waals surface area (Å²) in [6, 6.07) is 9.31. The van der Waals surface area contributed by atoms with Crippen molar-refractivity contribution < 1.29 is 0 Å². The first-order valence-electron chi connectivity index (χ1n) is 9.53. The zero-order valence-electron chi connectivity index (χ0n) is 15.4. The maximum Gasteiger partial charge on any atom is 0.157 e. The SMILES string of the molecule is Cc1cc(N2CCC3CCN(Cc4ccc(C)s4)CC32)n2nccc2n1. The van der Waals surface area contributed by atoms with Crippen molar-refractivity contribution in [2.45, 2.75) is 39.3 Å². The molecule has 0 saturated carbocycles. The summed E-state index contributed by atoms with van der Waals surface area (Å²) in [4.78, 5) is 12.7. The summed E-state index contributed by atoms with van der Waals surface area (Å²) in [5, 5.41) is 4.53. The molecule has 0 N–H and O–H groups in total. The van der Waals surface area contributed by atoms with E-state index >= 15 is 0 Å². The predicted molar refractivity (Wildman–Crippen MR) is 106 cm³/mol. The third-order valence-corrected chi connectivity index (χ3v) is 6.87. The Hall–Kier alpha value is -1.92. The minimum atomic E-state index is 0.582. The fraction of sp³-hybridized carbons (Fsp3) is 0.500. The number of aryl methyl sites for hydroxylation is 2. The topological polar surface area (TPSA) is 36.7 Å². The molecule has 6 heteroatoms. The third kappa shape index (κ3) is 2.81. The molecule has 26 heavy (non-hydrogen) atoms. The van der Waals surface area contributed by atoms with Gasteiger partial charge in [-0.25, -0.2) is 4.98 Å². The van der Waals surface area contributed by atoms with Crippen LogP contribution in [0.4, 0.5) is 5.82 Å². The first-order valence-corrected chi connectivity index (χ1v) is 10.3. The van der Waals surface area contributed by atoms with Crippen LogP contribution in [0.2, 0.25) is 0 Å². The number of aromatic nitrogens is 3. The molecule has 2 saturated heterocycles. The van der Waals surface area contributed by atoms with Gasteiger partial charge in [0.1, 0.15) is 5.82 Å². The molecule has 5 rings (SSSR count). The molecule has 2 aliphatic heterocycles. The van der Waals surface area contributed by atoms with Crippen LogP contribution >= 0.6 is 11.3 Å². The van der Waals surface area contributed by atoms with E-state index in [2.05, 4.69) is 51.9 Å². The summed E-state index contributed by atoms with van der Waals surface area (Å²) in [6.07, 6.45) is 4.45. The minimum Gasteiger partial charge on any atom is -0.352 e. The molecular formula is C20H25N5S. The number of anilines is 1. The second-order valence-corrected chi connectivity index (χ2v) is 9.08. The van der Waals surface area contributed by atoms with E-state index in [0.717, 1.165) is 36.9 Å². The van der Waals surface area contributed by atoms with Gasteiger partial charge in [-0.15, -0.1) is 11.3 Å². The third-order valence-electron chi connectivity index (χ3n) is 5.89. The zero-order chi connectivity index (χ0) is 17.7. The van der Waals surface area contributed by atoms with Crippen LogP contribution < -0.4 is 4.90 Å². The largest absolute Gasteiger partial charge is 0.352 e. The molecule has 0 radical (unpaired) electrons. The number of hydrogen-bond acceptors (Lipinski definition) is 5. The Balaban J connectivity index is 1.41. The first kappa shape index (κ1) is 16.3. The molecule has 0 bridgehead atoms. The molecule has 3 aromatic heterocycles. The van der Waals surface area contributed by atoms with Crippen LogP contribution in [0, 0.1) is 19.8 Å². The van der Waals surface area contributed by atoms with E-state index in [4.69, 9.17) is 0 Å². The fourth-order valence-electron chi connectivity index (χ4n) is 4.65. The lowest BCUT2D eigenvalue weighted by Crippen LogP contribution is -2.48. The number of likely N-dealkylation sites (tertiary alicyclic amines) is 1. The molecule has 0 aromatic carbocycles. The van der Waals surface area contributed by atoms with Crippen LogP contribution in [0.25, 0.3) is 5.65 Å². The minimum absolute atomic E-state index is 0.582. The van der Waals surface area contributed by atoms with Crippen molar-refractivity contribution in [3.63, 3.8) is 0 Å². The van der Waals surface area contributed by atoms with Gasteiger partial charge in [-0.2, -0.15) is 9.61 Å². The number of nitrogens with zero attached hydrogens (tertiary/aromatic N) is 5. The lowest BCUT2D eigenvalue weighted by Gasteiger charge is -2.39. The van der Waals surface area contributed by atoms with Gasteiger partial charge in [-0.1, -0.05) is 0 Å². The average molecular weight is 368 g/mol. The van der Waals surface area contributed by atoms with E-state index in [1.165, 1.54) is 35.0 Å².